The van der Waals surface area contributed by atoms with Crippen LogP contribution in [-0.4, -0.2) is 19.4 Å². The number of Topliss-reactive ketones (excluding diaryl/α,β-unsaturated/α-hetero) is 1. The van der Waals surface area contributed by atoms with Gasteiger partial charge in [0.15, 0.2) is 5.78 Å². The highest BCUT2D eigenvalue weighted by Gasteiger charge is 2.13. The van der Waals surface area contributed by atoms with Gasteiger partial charge in [0, 0.05) is 12.7 Å². The van der Waals surface area contributed by atoms with Gasteiger partial charge in [0.25, 0.3) is 0 Å². The van der Waals surface area contributed by atoms with Gasteiger partial charge in [-0.3, -0.25) is 4.79 Å². The van der Waals surface area contributed by atoms with Crippen LogP contribution in [0.4, 0.5) is 0 Å². The van der Waals surface area contributed by atoms with Crippen LogP contribution < -0.4 is 5.73 Å². The lowest BCUT2D eigenvalue weighted by molar-refractivity contribution is 0.0996. The predicted molar refractivity (Wildman–Crippen MR) is 55.5 cm³/mol. The standard InChI is InChI=1S/C10H12ClNO2/c1-14-6-7-3-2-4-8(11)10(7)9(13)5-12/h2-4H,5-6,12H2,1H3. The van der Waals surface area contributed by atoms with E-state index in [1.165, 1.54) is 0 Å². The van der Waals surface area contributed by atoms with E-state index < -0.39 is 0 Å². The van der Waals surface area contributed by atoms with Crippen molar-refractivity contribution >= 4 is 17.4 Å². The number of halogens is 1. The summed E-state index contributed by atoms with van der Waals surface area (Å²) in [6.45, 7) is 0.322. The Hall–Kier alpha value is -0.900. The number of carbonyl (C=O) groups excluding carboxylic acids is 1. The maximum Gasteiger partial charge on any atom is 0.178 e. The van der Waals surface area contributed by atoms with Crippen LogP contribution in [0.2, 0.25) is 5.02 Å². The minimum absolute atomic E-state index is 0.0412. The fourth-order valence-electron chi connectivity index (χ4n) is 1.26. The second-order valence-corrected chi connectivity index (χ2v) is 3.24. The molecule has 4 heteroatoms. The Kier molecular flexibility index (Phi) is 4.07. The molecule has 0 spiro atoms. The second kappa shape index (κ2) is 5.10. The van der Waals surface area contributed by atoms with Crippen LogP contribution in [0, 0.1) is 0 Å². The van der Waals surface area contributed by atoms with Gasteiger partial charge in [0.05, 0.1) is 18.2 Å². The van der Waals surface area contributed by atoms with Crippen LogP contribution in [0.3, 0.4) is 0 Å². The van der Waals surface area contributed by atoms with Crippen molar-refractivity contribution in [2.75, 3.05) is 13.7 Å². The molecule has 1 aromatic carbocycles. The molecule has 2 N–H and O–H groups in total. The molecule has 0 amide bonds. The summed E-state index contributed by atoms with van der Waals surface area (Å²) in [7, 11) is 1.57. The first-order valence-electron chi connectivity index (χ1n) is 4.20. The van der Waals surface area contributed by atoms with Crippen LogP contribution in [0.15, 0.2) is 18.2 Å². The summed E-state index contributed by atoms with van der Waals surface area (Å²) < 4.78 is 4.97. The van der Waals surface area contributed by atoms with Gasteiger partial charge in [0.1, 0.15) is 0 Å². The average Bonchev–Trinajstić information content (AvgIpc) is 2.18. The second-order valence-electron chi connectivity index (χ2n) is 2.83. The molecule has 0 heterocycles. The minimum Gasteiger partial charge on any atom is -0.380 e. The summed E-state index contributed by atoms with van der Waals surface area (Å²) in [5.41, 5.74) is 6.53. The van der Waals surface area contributed by atoms with Crippen molar-refractivity contribution in [3.63, 3.8) is 0 Å². The Balaban J connectivity index is 3.15. The van der Waals surface area contributed by atoms with E-state index >= 15 is 0 Å². The van der Waals surface area contributed by atoms with Crippen molar-refractivity contribution in [3.8, 4) is 0 Å². The lowest BCUT2D eigenvalue weighted by atomic mass is 10.0. The molecular formula is C10H12ClNO2. The number of ether oxygens (including phenoxy) is 1. The van der Waals surface area contributed by atoms with Crippen molar-refractivity contribution in [1.82, 2.24) is 0 Å². The highest BCUT2D eigenvalue weighted by atomic mass is 35.5. The van der Waals surface area contributed by atoms with Gasteiger partial charge < -0.3 is 10.5 Å². The lowest BCUT2D eigenvalue weighted by Crippen LogP contribution is -2.16. The lowest BCUT2D eigenvalue weighted by Gasteiger charge is -2.08. The third-order valence-corrected chi connectivity index (χ3v) is 2.18. The van der Waals surface area contributed by atoms with E-state index in [4.69, 9.17) is 22.1 Å². The molecule has 3 nitrogen and oxygen atoms in total. The van der Waals surface area contributed by atoms with Crippen molar-refractivity contribution < 1.29 is 9.53 Å². The van der Waals surface area contributed by atoms with Crippen molar-refractivity contribution in [2.45, 2.75) is 6.61 Å². The van der Waals surface area contributed by atoms with Gasteiger partial charge >= 0.3 is 0 Å². The van der Waals surface area contributed by atoms with Crippen LogP contribution in [0.1, 0.15) is 15.9 Å². The van der Waals surface area contributed by atoms with E-state index in [0.29, 0.717) is 17.2 Å². The zero-order chi connectivity index (χ0) is 10.6. The zero-order valence-corrected chi connectivity index (χ0v) is 8.67. The Morgan fingerprint density at radius 2 is 2.29 bits per heavy atom. The Labute approximate surface area is 87.8 Å². The van der Waals surface area contributed by atoms with Crippen LogP contribution >= 0.6 is 11.6 Å². The predicted octanol–water partition coefficient (Wildman–Crippen LogP) is 1.63. The number of nitrogens with two attached hydrogens (primary N) is 1. The third-order valence-electron chi connectivity index (χ3n) is 1.86. The molecule has 0 radical (unpaired) electrons. The Bertz CT molecular complexity index is 339. The summed E-state index contributed by atoms with van der Waals surface area (Å²) in [5.74, 6) is -0.164. The van der Waals surface area contributed by atoms with Crippen LogP contribution in [0.25, 0.3) is 0 Å². The number of carbonyl (C=O) groups is 1. The monoisotopic (exact) mass is 213 g/mol. The van der Waals surface area contributed by atoms with Crippen LogP contribution in [-0.2, 0) is 11.3 Å². The number of hydrogen-bond donors (Lipinski definition) is 1. The molecule has 0 aromatic heterocycles. The van der Waals surface area contributed by atoms with E-state index in [0.717, 1.165) is 5.56 Å². The number of hydrogen-bond acceptors (Lipinski definition) is 3. The highest BCUT2D eigenvalue weighted by Crippen LogP contribution is 2.20. The number of ketones is 1. The molecule has 76 valence electrons. The van der Waals surface area contributed by atoms with Gasteiger partial charge in [-0.25, -0.2) is 0 Å². The summed E-state index contributed by atoms with van der Waals surface area (Å²) >= 11 is 5.91. The molecule has 1 aromatic rings. The quantitative estimate of drug-likeness (QED) is 0.774. The van der Waals surface area contributed by atoms with E-state index in [2.05, 4.69) is 0 Å². The number of benzene rings is 1. The highest BCUT2D eigenvalue weighted by molar-refractivity contribution is 6.34. The Morgan fingerprint density at radius 3 is 2.86 bits per heavy atom. The fourth-order valence-corrected chi connectivity index (χ4v) is 1.56. The summed E-state index contributed by atoms with van der Waals surface area (Å²) in [4.78, 5) is 11.5. The summed E-state index contributed by atoms with van der Waals surface area (Å²) in [5, 5.41) is 0.426. The maximum absolute atomic E-state index is 11.5. The van der Waals surface area contributed by atoms with Gasteiger partial charge in [-0.1, -0.05) is 23.7 Å². The van der Waals surface area contributed by atoms with E-state index in [1.54, 1.807) is 25.3 Å². The summed E-state index contributed by atoms with van der Waals surface area (Å²) in [6.07, 6.45) is 0. The zero-order valence-electron chi connectivity index (χ0n) is 7.92. The van der Waals surface area contributed by atoms with Crippen molar-refractivity contribution in [1.29, 1.82) is 0 Å². The van der Waals surface area contributed by atoms with Gasteiger partial charge in [0.2, 0.25) is 0 Å². The van der Waals surface area contributed by atoms with Gasteiger partial charge in [-0.05, 0) is 11.6 Å². The molecule has 0 bridgehead atoms. The molecule has 0 saturated heterocycles. The number of methoxy groups -OCH3 is 1. The largest absolute Gasteiger partial charge is 0.380 e. The first kappa shape index (κ1) is 11.2. The van der Waals surface area contributed by atoms with E-state index in [-0.39, 0.29) is 12.3 Å². The van der Waals surface area contributed by atoms with Crippen molar-refractivity contribution in [3.05, 3.63) is 34.3 Å². The molecule has 0 aliphatic heterocycles. The molecular weight excluding hydrogens is 202 g/mol. The average molecular weight is 214 g/mol. The smallest absolute Gasteiger partial charge is 0.178 e. The van der Waals surface area contributed by atoms with E-state index in [1.807, 2.05) is 0 Å². The minimum atomic E-state index is -0.164. The first-order valence-corrected chi connectivity index (χ1v) is 4.58. The SMILES string of the molecule is COCc1cccc(Cl)c1C(=O)CN. The molecule has 14 heavy (non-hydrogen) atoms. The summed E-state index contributed by atoms with van der Waals surface area (Å²) in [6, 6.07) is 5.26. The molecule has 0 saturated carbocycles. The molecule has 0 atom stereocenters. The Morgan fingerprint density at radius 1 is 1.57 bits per heavy atom. The topological polar surface area (TPSA) is 52.3 Å². The normalized spacial score (nSPS) is 10.2. The first-order chi connectivity index (χ1) is 6.70. The molecule has 0 fully saturated rings. The van der Waals surface area contributed by atoms with Crippen molar-refractivity contribution in [2.24, 2.45) is 5.73 Å². The van der Waals surface area contributed by atoms with E-state index in [9.17, 15) is 4.79 Å². The van der Waals surface area contributed by atoms with Gasteiger partial charge in [-0.15, -0.1) is 0 Å². The molecule has 0 aliphatic rings. The molecule has 0 aliphatic carbocycles. The fraction of sp³-hybridized carbons (Fsp3) is 0.300. The molecule has 1 rings (SSSR count). The van der Waals surface area contributed by atoms with Gasteiger partial charge in [-0.2, -0.15) is 0 Å². The van der Waals surface area contributed by atoms with Crippen LogP contribution in [0.5, 0.6) is 0 Å². The maximum atomic E-state index is 11.5. The molecule has 0 unspecified atom stereocenters. The third kappa shape index (κ3) is 2.32. The number of rotatable bonds is 4.